The summed E-state index contributed by atoms with van der Waals surface area (Å²) in [6.45, 7) is 5.82. The Hall–Kier alpha value is -1.85. The van der Waals surface area contributed by atoms with Crippen LogP contribution in [0.3, 0.4) is 0 Å². The summed E-state index contributed by atoms with van der Waals surface area (Å²) >= 11 is 0. The third-order valence-corrected chi connectivity index (χ3v) is 1.83. The number of carbonyl (C=O) groups excluding carboxylic acids is 1. The van der Waals surface area contributed by atoms with Crippen molar-refractivity contribution in [1.82, 2.24) is 5.16 Å². The molecule has 2 N–H and O–H groups in total. The first kappa shape index (κ1) is 12.2. The van der Waals surface area contributed by atoms with Crippen molar-refractivity contribution >= 4 is 17.7 Å². The summed E-state index contributed by atoms with van der Waals surface area (Å²) in [5, 5.41) is 14.4. The van der Waals surface area contributed by atoms with Gasteiger partial charge in [-0.25, -0.2) is 0 Å². The van der Waals surface area contributed by atoms with Gasteiger partial charge in [0.25, 0.3) is 0 Å². The summed E-state index contributed by atoms with van der Waals surface area (Å²) < 4.78 is 5.02. The van der Waals surface area contributed by atoms with E-state index < -0.39 is 18.3 Å². The van der Waals surface area contributed by atoms with Crippen LogP contribution in [0.1, 0.15) is 33.0 Å². The maximum absolute atomic E-state index is 11.1. The van der Waals surface area contributed by atoms with Gasteiger partial charge < -0.3 is 14.9 Å². The van der Waals surface area contributed by atoms with Gasteiger partial charge in [0.15, 0.2) is 5.82 Å². The molecule has 0 bridgehead atoms. The molecule has 0 saturated heterocycles. The van der Waals surface area contributed by atoms with Crippen LogP contribution < -0.4 is 5.32 Å². The quantitative estimate of drug-likeness (QED) is 0.759. The van der Waals surface area contributed by atoms with E-state index in [-0.39, 0.29) is 11.2 Å². The van der Waals surface area contributed by atoms with Crippen molar-refractivity contribution in [3.8, 4) is 0 Å². The van der Waals surface area contributed by atoms with Gasteiger partial charge in [-0.1, -0.05) is 25.9 Å². The largest absolute Gasteiger partial charge is 0.481 e. The first-order valence-electron chi connectivity index (χ1n) is 4.78. The standard InChI is InChI=1S/C10H14N2O4/c1-10(2,3)6-4-7(12-16-6)11-8(13)5-9(14)15/h4H,5H2,1-3H3,(H,14,15)(H,11,12,13). The second kappa shape index (κ2) is 4.34. The Bertz CT molecular complexity index is 403. The van der Waals surface area contributed by atoms with Gasteiger partial charge in [0.05, 0.1) is 0 Å². The first-order chi connectivity index (χ1) is 7.29. The number of carboxylic acid groups (broad SMARTS) is 1. The van der Waals surface area contributed by atoms with Gasteiger partial charge in [-0.05, 0) is 0 Å². The number of carbonyl (C=O) groups is 2. The number of hydrogen-bond acceptors (Lipinski definition) is 4. The van der Waals surface area contributed by atoms with Crippen molar-refractivity contribution in [2.45, 2.75) is 32.6 Å². The molecule has 16 heavy (non-hydrogen) atoms. The molecule has 0 aromatic carbocycles. The lowest BCUT2D eigenvalue weighted by Gasteiger charge is -2.11. The van der Waals surface area contributed by atoms with Gasteiger partial charge in [0, 0.05) is 11.5 Å². The van der Waals surface area contributed by atoms with E-state index >= 15 is 0 Å². The summed E-state index contributed by atoms with van der Waals surface area (Å²) in [6.07, 6.45) is -0.586. The van der Waals surface area contributed by atoms with Gasteiger partial charge in [0.1, 0.15) is 12.2 Å². The molecule has 1 aromatic heterocycles. The van der Waals surface area contributed by atoms with Crippen molar-refractivity contribution in [2.24, 2.45) is 0 Å². The van der Waals surface area contributed by atoms with Crippen molar-refractivity contribution < 1.29 is 19.2 Å². The molecule has 1 heterocycles. The Morgan fingerprint density at radius 1 is 1.50 bits per heavy atom. The Labute approximate surface area is 92.6 Å². The van der Waals surface area contributed by atoms with Crippen LogP contribution >= 0.6 is 0 Å². The smallest absolute Gasteiger partial charge is 0.312 e. The van der Waals surface area contributed by atoms with Crippen LogP contribution in [-0.4, -0.2) is 22.1 Å². The number of hydrogen-bond donors (Lipinski definition) is 2. The molecule has 0 fully saturated rings. The number of amides is 1. The Morgan fingerprint density at radius 2 is 2.12 bits per heavy atom. The van der Waals surface area contributed by atoms with Crippen molar-refractivity contribution in [1.29, 1.82) is 0 Å². The van der Waals surface area contributed by atoms with E-state index in [1.165, 1.54) is 0 Å². The lowest BCUT2D eigenvalue weighted by molar-refractivity contribution is -0.139. The molecule has 1 aromatic rings. The maximum Gasteiger partial charge on any atom is 0.312 e. The number of aromatic nitrogens is 1. The summed E-state index contributed by atoms with van der Waals surface area (Å²) in [5.41, 5.74) is -0.206. The molecular weight excluding hydrogens is 212 g/mol. The molecule has 0 aliphatic heterocycles. The zero-order valence-electron chi connectivity index (χ0n) is 9.40. The molecule has 0 unspecified atom stereocenters. The molecule has 88 valence electrons. The van der Waals surface area contributed by atoms with Crippen LogP contribution in [0.5, 0.6) is 0 Å². The number of carboxylic acids is 1. The Balaban J connectivity index is 2.66. The lowest BCUT2D eigenvalue weighted by atomic mass is 9.93. The minimum atomic E-state index is -1.18. The van der Waals surface area contributed by atoms with E-state index in [0.29, 0.717) is 5.76 Å². The molecule has 6 heteroatoms. The summed E-state index contributed by atoms with van der Waals surface area (Å²) in [4.78, 5) is 21.4. The van der Waals surface area contributed by atoms with Gasteiger partial charge in [-0.3, -0.25) is 9.59 Å². The van der Waals surface area contributed by atoms with Crippen molar-refractivity contribution in [2.75, 3.05) is 5.32 Å². The van der Waals surface area contributed by atoms with Crippen LogP contribution in [0, 0.1) is 0 Å². The van der Waals surface area contributed by atoms with Gasteiger partial charge in [-0.15, -0.1) is 0 Å². The zero-order valence-corrected chi connectivity index (χ0v) is 9.40. The molecule has 0 aliphatic rings. The minimum absolute atomic E-state index is 0.206. The van der Waals surface area contributed by atoms with E-state index in [4.69, 9.17) is 9.63 Å². The minimum Gasteiger partial charge on any atom is -0.481 e. The molecule has 0 atom stereocenters. The predicted octanol–water partition coefficient (Wildman–Crippen LogP) is 1.39. The Kier molecular flexibility index (Phi) is 3.31. The van der Waals surface area contributed by atoms with Crippen molar-refractivity contribution in [3.05, 3.63) is 11.8 Å². The highest BCUT2D eigenvalue weighted by atomic mass is 16.5. The molecule has 0 saturated carbocycles. The second-order valence-corrected chi connectivity index (χ2v) is 4.45. The molecule has 1 rings (SSSR count). The van der Waals surface area contributed by atoms with Gasteiger partial charge in [-0.2, -0.15) is 0 Å². The monoisotopic (exact) mass is 226 g/mol. The van der Waals surface area contributed by atoms with Crippen LogP contribution in [0.15, 0.2) is 10.6 Å². The van der Waals surface area contributed by atoms with E-state index in [1.54, 1.807) is 6.07 Å². The fourth-order valence-corrected chi connectivity index (χ4v) is 1.01. The van der Waals surface area contributed by atoms with E-state index in [0.717, 1.165) is 0 Å². The number of nitrogens with one attached hydrogen (secondary N) is 1. The highest BCUT2D eigenvalue weighted by Gasteiger charge is 2.20. The average Bonchev–Trinajstić information content (AvgIpc) is 2.49. The summed E-state index contributed by atoms with van der Waals surface area (Å²) in [6, 6.07) is 1.58. The van der Waals surface area contributed by atoms with Crippen LogP contribution in [0.2, 0.25) is 0 Å². The number of aliphatic carboxylic acids is 1. The predicted molar refractivity (Wildman–Crippen MR) is 56.1 cm³/mol. The fraction of sp³-hybridized carbons (Fsp3) is 0.500. The van der Waals surface area contributed by atoms with E-state index in [9.17, 15) is 9.59 Å². The summed E-state index contributed by atoms with van der Waals surface area (Å²) in [5.74, 6) is -0.951. The highest BCUT2D eigenvalue weighted by Crippen LogP contribution is 2.24. The van der Waals surface area contributed by atoms with Gasteiger partial charge >= 0.3 is 5.97 Å². The molecule has 0 radical (unpaired) electrons. The first-order valence-corrected chi connectivity index (χ1v) is 4.78. The summed E-state index contributed by atoms with van der Waals surface area (Å²) in [7, 11) is 0. The number of anilines is 1. The number of rotatable bonds is 3. The van der Waals surface area contributed by atoms with Crippen LogP contribution in [0.4, 0.5) is 5.82 Å². The average molecular weight is 226 g/mol. The van der Waals surface area contributed by atoms with Crippen LogP contribution in [-0.2, 0) is 15.0 Å². The molecule has 0 aliphatic carbocycles. The topological polar surface area (TPSA) is 92.4 Å². The Morgan fingerprint density at radius 3 is 2.56 bits per heavy atom. The van der Waals surface area contributed by atoms with E-state index in [2.05, 4.69) is 10.5 Å². The normalized spacial score (nSPS) is 11.2. The van der Waals surface area contributed by atoms with Gasteiger partial charge in [0.2, 0.25) is 5.91 Å². The molecular formula is C10H14N2O4. The SMILES string of the molecule is CC(C)(C)c1cc(NC(=O)CC(=O)O)no1. The molecule has 1 amide bonds. The van der Waals surface area contributed by atoms with Crippen molar-refractivity contribution in [3.63, 3.8) is 0 Å². The molecule has 6 nitrogen and oxygen atoms in total. The third kappa shape index (κ3) is 3.38. The number of nitrogens with zero attached hydrogens (tertiary/aromatic N) is 1. The second-order valence-electron chi connectivity index (χ2n) is 4.45. The maximum atomic E-state index is 11.1. The van der Waals surface area contributed by atoms with E-state index in [1.807, 2.05) is 20.8 Å². The fourth-order valence-electron chi connectivity index (χ4n) is 1.01. The third-order valence-electron chi connectivity index (χ3n) is 1.83. The van der Waals surface area contributed by atoms with Crippen LogP contribution in [0.25, 0.3) is 0 Å². The zero-order chi connectivity index (χ0) is 12.3. The highest BCUT2D eigenvalue weighted by molar-refractivity contribution is 6.00. The lowest BCUT2D eigenvalue weighted by Crippen LogP contribution is -2.16. The molecule has 0 spiro atoms.